The number of carbonyl (C=O) groups is 1. The molecule has 0 aliphatic rings. The highest BCUT2D eigenvalue weighted by Crippen LogP contribution is 2.18. The lowest BCUT2D eigenvalue weighted by Gasteiger charge is -2.20. The fraction of sp³-hybridized carbons (Fsp3) is 0.211. The second kappa shape index (κ2) is 9.90. The second-order valence-electron chi connectivity index (χ2n) is 5.77. The van der Waals surface area contributed by atoms with Crippen molar-refractivity contribution in [2.45, 2.75) is 11.3 Å². The summed E-state index contributed by atoms with van der Waals surface area (Å²) in [6.07, 6.45) is 2.06. The molecule has 8 heteroatoms. The third-order valence-corrected chi connectivity index (χ3v) is 6.08. The van der Waals surface area contributed by atoms with Crippen molar-refractivity contribution in [3.05, 3.63) is 76.8 Å². The summed E-state index contributed by atoms with van der Waals surface area (Å²) in [5, 5.41) is 3.82. The van der Waals surface area contributed by atoms with Crippen molar-refractivity contribution in [1.29, 1.82) is 0 Å². The number of halogens is 2. The number of hydrogen-bond donors (Lipinski definition) is 1. The highest BCUT2D eigenvalue weighted by atomic mass is 35.5. The molecule has 0 spiro atoms. The first-order valence-corrected chi connectivity index (χ1v) is 10.4. The summed E-state index contributed by atoms with van der Waals surface area (Å²) in [7, 11) is -3.83. The van der Waals surface area contributed by atoms with E-state index in [1.165, 1.54) is 30.3 Å². The van der Waals surface area contributed by atoms with Crippen molar-refractivity contribution in [1.82, 2.24) is 9.62 Å². The molecule has 0 aliphatic heterocycles. The summed E-state index contributed by atoms with van der Waals surface area (Å²) in [5.74, 6) is -0.386. The fourth-order valence-electron chi connectivity index (χ4n) is 2.36. The quantitative estimate of drug-likeness (QED) is 0.623. The molecule has 0 bridgehead atoms. The SMILES string of the molecule is C=CCN(CC(=O)NCCc1ccc(Cl)cc1)S(=O)(=O)c1ccc(Cl)cc1. The number of sulfonamides is 1. The first-order valence-electron chi connectivity index (χ1n) is 8.20. The zero-order valence-corrected chi connectivity index (χ0v) is 16.9. The Kier molecular flexibility index (Phi) is 7.86. The van der Waals surface area contributed by atoms with Crippen LogP contribution in [0.3, 0.4) is 0 Å². The molecule has 0 heterocycles. The van der Waals surface area contributed by atoms with Crippen LogP contribution in [0.5, 0.6) is 0 Å². The van der Waals surface area contributed by atoms with Crippen LogP contribution in [0, 0.1) is 0 Å². The van der Waals surface area contributed by atoms with Gasteiger partial charge < -0.3 is 5.32 Å². The molecule has 1 amide bonds. The standard InChI is InChI=1S/C19H20Cl2N2O3S/c1-2-13-23(27(25,26)18-9-7-17(21)8-10-18)14-19(24)22-12-11-15-3-5-16(20)6-4-15/h2-10H,1,11-14H2,(H,22,24). The first-order chi connectivity index (χ1) is 12.8. The molecule has 0 aliphatic carbocycles. The van der Waals surface area contributed by atoms with Crippen molar-refractivity contribution < 1.29 is 13.2 Å². The molecule has 5 nitrogen and oxygen atoms in total. The van der Waals surface area contributed by atoms with Gasteiger partial charge in [-0.25, -0.2) is 8.42 Å². The van der Waals surface area contributed by atoms with Gasteiger partial charge in [-0.2, -0.15) is 4.31 Å². The molecule has 0 saturated heterocycles. The van der Waals surface area contributed by atoms with Gasteiger partial charge in [-0.05, 0) is 48.4 Å². The summed E-state index contributed by atoms with van der Waals surface area (Å²) in [6, 6.07) is 13.1. The molecule has 0 aromatic heterocycles. The third kappa shape index (κ3) is 6.36. The molecule has 144 valence electrons. The predicted molar refractivity (Wildman–Crippen MR) is 109 cm³/mol. The van der Waals surface area contributed by atoms with Gasteiger partial charge in [0.05, 0.1) is 11.4 Å². The lowest BCUT2D eigenvalue weighted by molar-refractivity contribution is -0.121. The molecule has 2 aromatic rings. The van der Waals surface area contributed by atoms with E-state index in [-0.39, 0.29) is 23.9 Å². The van der Waals surface area contributed by atoms with E-state index in [2.05, 4.69) is 11.9 Å². The minimum atomic E-state index is -3.83. The molecular formula is C19H20Cl2N2O3S. The number of nitrogens with zero attached hydrogens (tertiary/aromatic N) is 1. The monoisotopic (exact) mass is 426 g/mol. The number of rotatable bonds is 9. The Labute approximate surface area is 169 Å². The highest BCUT2D eigenvalue weighted by molar-refractivity contribution is 7.89. The zero-order valence-electron chi connectivity index (χ0n) is 14.6. The van der Waals surface area contributed by atoms with Gasteiger partial charge in [0.25, 0.3) is 0 Å². The number of benzene rings is 2. The van der Waals surface area contributed by atoms with Crippen molar-refractivity contribution in [2.75, 3.05) is 19.6 Å². The molecule has 0 fully saturated rings. The average Bonchev–Trinajstić information content (AvgIpc) is 2.63. The number of carbonyl (C=O) groups excluding carboxylic acids is 1. The van der Waals surface area contributed by atoms with E-state index < -0.39 is 10.0 Å². The van der Waals surface area contributed by atoms with Gasteiger partial charge in [0.2, 0.25) is 15.9 Å². The van der Waals surface area contributed by atoms with Crippen molar-refractivity contribution in [3.63, 3.8) is 0 Å². The summed E-state index contributed by atoms with van der Waals surface area (Å²) >= 11 is 11.6. The maximum atomic E-state index is 12.7. The Bertz CT molecular complexity index is 882. The van der Waals surface area contributed by atoms with Crippen LogP contribution in [0.1, 0.15) is 5.56 Å². The second-order valence-corrected chi connectivity index (χ2v) is 8.58. The molecule has 0 unspecified atom stereocenters. The molecule has 1 N–H and O–H groups in total. The van der Waals surface area contributed by atoms with Gasteiger partial charge in [-0.3, -0.25) is 4.79 Å². The summed E-state index contributed by atoms with van der Waals surface area (Å²) in [5.41, 5.74) is 1.02. The van der Waals surface area contributed by atoms with Gasteiger partial charge in [0.1, 0.15) is 0 Å². The van der Waals surface area contributed by atoms with E-state index in [4.69, 9.17) is 23.2 Å². The average molecular weight is 427 g/mol. The molecular weight excluding hydrogens is 407 g/mol. The van der Waals surface area contributed by atoms with Crippen LogP contribution in [0.15, 0.2) is 66.1 Å². The smallest absolute Gasteiger partial charge is 0.243 e. The van der Waals surface area contributed by atoms with Crippen LogP contribution in [-0.4, -0.2) is 38.3 Å². The zero-order chi connectivity index (χ0) is 19.9. The fourth-order valence-corrected chi connectivity index (χ4v) is 3.98. The maximum Gasteiger partial charge on any atom is 0.243 e. The van der Waals surface area contributed by atoms with Gasteiger partial charge >= 0.3 is 0 Å². The minimum Gasteiger partial charge on any atom is -0.355 e. The lowest BCUT2D eigenvalue weighted by Crippen LogP contribution is -2.41. The van der Waals surface area contributed by atoms with Crippen LogP contribution >= 0.6 is 23.2 Å². The normalized spacial score (nSPS) is 11.4. The van der Waals surface area contributed by atoms with E-state index in [1.54, 1.807) is 12.1 Å². The summed E-state index contributed by atoms with van der Waals surface area (Å²) in [6.45, 7) is 3.69. The number of hydrogen-bond acceptors (Lipinski definition) is 3. The van der Waals surface area contributed by atoms with Crippen molar-refractivity contribution in [3.8, 4) is 0 Å². The Morgan fingerprint density at radius 2 is 1.59 bits per heavy atom. The molecule has 27 heavy (non-hydrogen) atoms. The van der Waals surface area contributed by atoms with Crippen LogP contribution < -0.4 is 5.32 Å². The highest BCUT2D eigenvalue weighted by Gasteiger charge is 2.25. The topological polar surface area (TPSA) is 66.5 Å². The van der Waals surface area contributed by atoms with Gasteiger partial charge in [0.15, 0.2) is 0 Å². The van der Waals surface area contributed by atoms with E-state index in [0.717, 1.165) is 9.87 Å². The maximum absolute atomic E-state index is 12.7. The number of nitrogens with one attached hydrogen (secondary N) is 1. The van der Waals surface area contributed by atoms with Gasteiger partial charge in [-0.15, -0.1) is 6.58 Å². The van der Waals surface area contributed by atoms with Crippen LogP contribution in [-0.2, 0) is 21.2 Å². The first kappa shape index (κ1) is 21.4. The molecule has 0 radical (unpaired) electrons. The van der Waals surface area contributed by atoms with Crippen LogP contribution in [0.25, 0.3) is 0 Å². The summed E-state index contributed by atoms with van der Waals surface area (Å²) < 4.78 is 26.5. The van der Waals surface area contributed by atoms with E-state index in [0.29, 0.717) is 23.0 Å². The van der Waals surface area contributed by atoms with E-state index in [9.17, 15) is 13.2 Å². The molecule has 2 rings (SSSR count). The minimum absolute atomic E-state index is 0.0234. The summed E-state index contributed by atoms with van der Waals surface area (Å²) in [4.78, 5) is 12.3. The van der Waals surface area contributed by atoms with E-state index in [1.807, 2.05) is 12.1 Å². The van der Waals surface area contributed by atoms with E-state index >= 15 is 0 Å². The van der Waals surface area contributed by atoms with Gasteiger partial charge in [0, 0.05) is 23.1 Å². The molecule has 2 aromatic carbocycles. The van der Waals surface area contributed by atoms with Crippen molar-refractivity contribution >= 4 is 39.1 Å². The van der Waals surface area contributed by atoms with Crippen LogP contribution in [0.4, 0.5) is 0 Å². The van der Waals surface area contributed by atoms with Crippen LogP contribution in [0.2, 0.25) is 10.0 Å². The molecule has 0 saturated carbocycles. The predicted octanol–water partition coefficient (Wildman–Crippen LogP) is 3.53. The third-order valence-electron chi connectivity index (χ3n) is 3.75. The van der Waals surface area contributed by atoms with Crippen molar-refractivity contribution in [2.24, 2.45) is 0 Å². The number of amides is 1. The molecule has 0 atom stereocenters. The Morgan fingerprint density at radius 1 is 1.04 bits per heavy atom. The Balaban J connectivity index is 1.97. The Hall–Kier alpha value is -1.86. The lowest BCUT2D eigenvalue weighted by atomic mass is 10.1. The largest absolute Gasteiger partial charge is 0.355 e. The van der Waals surface area contributed by atoms with Gasteiger partial charge in [-0.1, -0.05) is 41.4 Å². The Morgan fingerprint density at radius 3 is 2.15 bits per heavy atom.